The van der Waals surface area contributed by atoms with Gasteiger partial charge in [-0.3, -0.25) is 14.4 Å². The minimum Gasteiger partial charge on any atom is -0.479 e. The highest BCUT2D eigenvalue weighted by molar-refractivity contribution is 5.78. The molecule has 4 heterocycles. The van der Waals surface area contributed by atoms with Gasteiger partial charge in [-0.05, 0) is 19.3 Å². The van der Waals surface area contributed by atoms with Crippen molar-refractivity contribution in [3.05, 3.63) is 12.2 Å². The monoisotopic (exact) mass is 1400 g/mol. The van der Waals surface area contributed by atoms with Crippen molar-refractivity contribution in [1.82, 2.24) is 16.0 Å². The first kappa shape index (κ1) is 86.2. The molecule has 0 radical (unpaired) electrons. The molecule has 4 fully saturated rings. The maximum Gasteiger partial charge on any atom is 0.338 e. The number of nitrogens with one attached hydrogen (secondary N) is 3. The van der Waals surface area contributed by atoms with E-state index in [0.29, 0.717) is 12.8 Å². The fourth-order valence-electron chi connectivity index (χ4n) is 13.0. The zero-order chi connectivity index (χ0) is 71.5. The van der Waals surface area contributed by atoms with Gasteiger partial charge < -0.3 is 125 Å². The molecule has 29 nitrogen and oxygen atoms in total. The minimum absolute atomic E-state index is 0.171. The van der Waals surface area contributed by atoms with Gasteiger partial charge in [-0.25, -0.2) is 4.79 Å². The normalized spacial score (nSPS) is 32.1. The van der Waals surface area contributed by atoms with Gasteiger partial charge >= 0.3 is 5.97 Å². The summed E-state index contributed by atoms with van der Waals surface area (Å²) >= 11 is 0. The number of hydrogen-bond acceptors (Lipinski definition) is 25. The number of carboxylic acids is 1. The number of carbonyl (C=O) groups is 4. The van der Waals surface area contributed by atoms with Crippen LogP contribution in [-0.4, -0.2) is 275 Å². The summed E-state index contributed by atoms with van der Waals surface area (Å²) in [5.41, 5.74) is -2.77. The van der Waals surface area contributed by atoms with Crippen LogP contribution in [0.3, 0.4) is 0 Å². The summed E-state index contributed by atoms with van der Waals surface area (Å²) in [7, 11) is 0. The number of amides is 3. The Bertz CT molecular complexity index is 2190. The molecule has 0 aromatic carbocycles. The number of rotatable bonds is 50. The van der Waals surface area contributed by atoms with E-state index in [1.54, 1.807) is 6.08 Å². The van der Waals surface area contributed by atoms with E-state index in [0.717, 1.165) is 65.2 Å². The predicted octanol–water partition coefficient (Wildman–Crippen LogP) is 1.18. The van der Waals surface area contributed by atoms with Crippen LogP contribution in [0.5, 0.6) is 0 Å². The van der Waals surface area contributed by atoms with Gasteiger partial charge in [-0.2, -0.15) is 0 Å². The van der Waals surface area contributed by atoms with Crippen LogP contribution in [0.25, 0.3) is 0 Å². The summed E-state index contributed by atoms with van der Waals surface area (Å²) in [6.07, 6.45) is -2.53. The Morgan fingerprint density at radius 1 is 0.536 bits per heavy atom. The third-order valence-corrected chi connectivity index (χ3v) is 18.8. The number of aliphatic hydroxyl groups excluding tert-OH is 13. The van der Waals surface area contributed by atoms with Crippen molar-refractivity contribution in [1.29, 1.82) is 0 Å². The van der Waals surface area contributed by atoms with Crippen LogP contribution in [0.1, 0.15) is 214 Å². The highest BCUT2D eigenvalue weighted by Gasteiger charge is 2.59. The molecule has 23 atom stereocenters. The van der Waals surface area contributed by atoms with Gasteiger partial charge in [0.1, 0.15) is 91.5 Å². The molecule has 0 saturated carbocycles. The molecule has 4 aliphatic rings. The van der Waals surface area contributed by atoms with Crippen molar-refractivity contribution < 1.29 is 129 Å². The van der Waals surface area contributed by atoms with E-state index in [1.165, 1.54) is 109 Å². The van der Waals surface area contributed by atoms with Gasteiger partial charge in [0.25, 0.3) is 0 Å². The summed E-state index contributed by atoms with van der Waals surface area (Å²) in [6, 6.07) is -4.34. The van der Waals surface area contributed by atoms with E-state index in [2.05, 4.69) is 29.8 Å². The van der Waals surface area contributed by atoms with Gasteiger partial charge in [0, 0.05) is 26.7 Å². The van der Waals surface area contributed by atoms with Gasteiger partial charge in [0.2, 0.25) is 17.7 Å². The number of carbonyl (C=O) groups excluding carboxylic acids is 3. The lowest BCUT2D eigenvalue weighted by Crippen LogP contribution is -2.70. The smallest absolute Gasteiger partial charge is 0.338 e. The van der Waals surface area contributed by atoms with Crippen molar-refractivity contribution >= 4 is 23.7 Å². The lowest BCUT2D eigenvalue weighted by atomic mass is 9.83. The predicted molar refractivity (Wildman–Crippen MR) is 351 cm³/mol. The number of ether oxygens (including phenoxy) is 8. The van der Waals surface area contributed by atoms with Gasteiger partial charge in [0.15, 0.2) is 24.5 Å². The van der Waals surface area contributed by atoms with Crippen molar-refractivity contribution in [2.45, 2.75) is 354 Å². The summed E-state index contributed by atoms with van der Waals surface area (Å²) in [5, 5.41) is 162. The Labute approximate surface area is 572 Å². The summed E-state index contributed by atoms with van der Waals surface area (Å²) in [4.78, 5) is 51.6. The maximum absolute atomic E-state index is 13.5. The molecular weight excluding hydrogens is 1270 g/mol. The average molecular weight is 1400 g/mol. The van der Waals surface area contributed by atoms with Crippen LogP contribution in [0.2, 0.25) is 0 Å². The van der Waals surface area contributed by atoms with Crippen LogP contribution in [0, 0.1) is 0 Å². The quantitative estimate of drug-likeness (QED) is 0.0300. The molecule has 4 aliphatic heterocycles. The fraction of sp³-hybridized carbons (Fsp3) is 0.912. The molecule has 0 aromatic rings. The van der Waals surface area contributed by atoms with E-state index in [4.69, 9.17) is 37.9 Å². The minimum atomic E-state index is -2.77. The fourth-order valence-corrected chi connectivity index (χ4v) is 13.0. The first-order chi connectivity index (χ1) is 46.5. The molecule has 0 spiro atoms. The maximum atomic E-state index is 13.5. The first-order valence-electron chi connectivity index (χ1n) is 36.0. The van der Waals surface area contributed by atoms with Crippen LogP contribution in [0.4, 0.5) is 0 Å². The van der Waals surface area contributed by atoms with Crippen molar-refractivity contribution in [2.75, 3.05) is 39.6 Å². The van der Waals surface area contributed by atoms with E-state index in [-0.39, 0.29) is 12.3 Å². The number of allylic oxidation sites excluding steroid dienone is 1. The molecular formula is C68H123N3O26. The summed E-state index contributed by atoms with van der Waals surface area (Å²) in [5.74, 6) is -3.78. The van der Waals surface area contributed by atoms with E-state index >= 15 is 0 Å². The Kier molecular flexibility index (Phi) is 41.9. The van der Waals surface area contributed by atoms with E-state index in [9.17, 15) is 90.7 Å². The lowest BCUT2D eigenvalue weighted by Gasteiger charge is -2.50. The molecule has 4 rings (SSSR count). The zero-order valence-corrected chi connectivity index (χ0v) is 57.8. The number of aliphatic hydroxyl groups is 13. The second kappa shape index (κ2) is 47.1. The second-order valence-electron chi connectivity index (χ2n) is 26.9. The van der Waals surface area contributed by atoms with Gasteiger partial charge in [-0.15, -0.1) is 0 Å². The number of carboxylic acid groups (broad SMARTS) is 1. The van der Waals surface area contributed by atoms with Crippen molar-refractivity contribution in [3.8, 4) is 0 Å². The van der Waals surface area contributed by atoms with Crippen molar-refractivity contribution in [3.63, 3.8) is 0 Å². The largest absolute Gasteiger partial charge is 0.479 e. The highest BCUT2D eigenvalue weighted by Crippen LogP contribution is 2.38. The van der Waals surface area contributed by atoms with Crippen molar-refractivity contribution in [2.24, 2.45) is 0 Å². The lowest BCUT2D eigenvalue weighted by molar-refractivity contribution is -0.379. The molecule has 29 heteroatoms. The molecule has 97 heavy (non-hydrogen) atoms. The average Bonchev–Trinajstić information content (AvgIpc) is 0.769. The van der Waals surface area contributed by atoms with Crippen LogP contribution >= 0.6 is 0 Å². The second-order valence-corrected chi connectivity index (χ2v) is 26.9. The Morgan fingerprint density at radius 3 is 1.52 bits per heavy atom. The van der Waals surface area contributed by atoms with E-state index < -0.39 is 204 Å². The molecule has 0 aliphatic carbocycles. The number of hydrogen-bond donors (Lipinski definition) is 17. The SMILES string of the molecule is CCCCCCCCCCCCC/C=C/[C@H](O)[C@@H](CO[C@@H]1O[C@@H](CO)[C@H](O[C@H]2O[C@@H](CO)[C@@H](O[C@H]3O[C@@H](CO)[C@@H](O)[C@@H](O)[C@@H]3NC(C)=O)[C@@H](OC[C@@]3(C(=O)O)C[C@@H](O)[C@H](NC(C)=O)[C@@H]([C@@H](O)[C@@H](O)CO)O3)[C@@H]2O)[C@@H](O)[C@@H]1O)NC(=O)CCCCCCCCCCCCCCCCC. The molecule has 17 N–H and O–H groups in total. The molecule has 566 valence electrons. The topological polar surface area (TPSA) is 461 Å². The van der Waals surface area contributed by atoms with Gasteiger partial charge in [-0.1, -0.05) is 180 Å². The van der Waals surface area contributed by atoms with Crippen LogP contribution < -0.4 is 16.0 Å². The summed E-state index contributed by atoms with van der Waals surface area (Å²) < 4.78 is 48.1. The van der Waals surface area contributed by atoms with E-state index in [1.807, 2.05) is 6.08 Å². The first-order valence-corrected chi connectivity index (χ1v) is 36.0. The van der Waals surface area contributed by atoms with Gasteiger partial charge in [0.05, 0.1) is 63.9 Å². The third-order valence-electron chi connectivity index (χ3n) is 18.8. The Morgan fingerprint density at radius 2 is 1.01 bits per heavy atom. The molecule has 4 saturated heterocycles. The number of unbranched alkanes of at least 4 members (excludes halogenated alkanes) is 25. The zero-order valence-electron chi connectivity index (χ0n) is 57.8. The Hall–Kier alpha value is -3.22. The molecule has 0 unspecified atom stereocenters. The molecule has 3 amide bonds. The van der Waals surface area contributed by atoms with Crippen LogP contribution in [0.15, 0.2) is 12.2 Å². The number of aliphatic carboxylic acids is 1. The highest BCUT2D eigenvalue weighted by atomic mass is 16.8. The third kappa shape index (κ3) is 28.5. The molecule has 0 aromatic heterocycles. The Balaban J connectivity index is 1.53. The molecule has 0 bridgehead atoms. The summed E-state index contributed by atoms with van der Waals surface area (Å²) in [6.45, 7) is 0.760. The standard InChI is InChI=1S/C68H123N3O26/c1-5-7-9-11-13-15-17-19-20-22-24-26-28-30-32-34-51(81)71-44(45(78)33-31-29-27-25-23-21-18-16-14-12-10-8-6-2)40-90-65-58(86)57(85)60(49(38-74)93-65)95-66-59(87)63(61(50(39-75)94-66)96-64-53(70-43(4)77)56(84)55(83)48(37-73)92-64)91-41-68(67(88)89)35-46(79)52(69-42(3)76)62(97-68)54(82)47(80)36-72/h31,33,44-50,52-66,72-75,78-80,82-87H,5-30,32,34-41H2,1-4H3,(H,69,76)(H,70,77)(H,71,81)(H,88,89)/b33-31+/t44-,45+,46-,47+,48+,49+,50+,52+,53+,54+,55-,56+,57+,58+,59+,60+,61-,62+,63+,64-,65-,66-,68-/m1/s1. The van der Waals surface area contributed by atoms with Crippen LogP contribution in [-0.2, 0) is 57.1 Å².